The van der Waals surface area contributed by atoms with Gasteiger partial charge in [-0.1, -0.05) is 13.8 Å². The van der Waals surface area contributed by atoms with Crippen molar-refractivity contribution < 1.29 is 0 Å². The smallest absolute Gasteiger partial charge is 0.0330 e. The fraction of sp³-hybridized carbons (Fsp3) is 0.750. The zero-order valence-electron chi connectivity index (χ0n) is 12.8. The Balaban J connectivity index is 1.85. The molecule has 1 aliphatic carbocycles. The molecule has 0 bridgehead atoms. The minimum atomic E-state index is 0.623. The van der Waals surface area contributed by atoms with Crippen LogP contribution in [0.1, 0.15) is 50.3 Å². The Morgan fingerprint density at radius 3 is 2.47 bits per heavy atom. The van der Waals surface area contributed by atoms with Crippen molar-refractivity contribution in [3.05, 3.63) is 21.9 Å². The first-order valence-electron chi connectivity index (χ1n) is 7.59. The van der Waals surface area contributed by atoms with E-state index in [1.54, 1.807) is 0 Å². The van der Waals surface area contributed by atoms with Gasteiger partial charge in [-0.3, -0.25) is 4.90 Å². The third-order valence-electron chi connectivity index (χ3n) is 3.55. The van der Waals surface area contributed by atoms with E-state index in [2.05, 4.69) is 50.0 Å². The van der Waals surface area contributed by atoms with Gasteiger partial charge in [-0.05, 0) is 44.7 Å². The molecule has 19 heavy (non-hydrogen) atoms. The maximum absolute atomic E-state index is 3.59. The van der Waals surface area contributed by atoms with Crippen LogP contribution in [0.5, 0.6) is 0 Å². The van der Waals surface area contributed by atoms with Crippen molar-refractivity contribution in [3.63, 3.8) is 0 Å². The summed E-state index contributed by atoms with van der Waals surface area (Å²) in [6.07, 6.45) is 2.74. The van der Waals surface area contributed by atoms with Crippen LogP contribution in [0.3, 0.4) is 0 Å². The van der Waals surface area contributed by atoms with E-state index in [0.29, 0.717) is 6.04 Å². The first-order chi connectivity index (χ1) is 9.04. The van der Waals surface area contributed by atoms with E-state index in [9.17, 15) is 0 Å². The number of thiophene rings is 1. The van der Waals surface area contributed by atoms with Crippen LogP contribution >= 0.6 is 11.3 Å². The molecule has 0 unspecified atom stereocenters. The first kappa shape index (κ1) is 15.0. The van der Waals surface area contributed by atoms with E-state index in [-0.39, 0.29) is 0 Å². The van der Waals surface area contributed by atoms with Crippen LogP contribution < -0.4 is 5.32 Å². The summed E-state index contributed by atoms with van der Waals surface area (Å²) in [5.74, 6) is 0.735. The van der Waals surface area contributed by atoms with Gasteiger partial charge in [-0.25, -0.2) is 0 Å². The molecule has 0 aromatic carbocycles. The molecule has 3 heteroatoms. The highest BCUT2D eigenvalue weighted by Crippen LogP contribution is 2.23. The molecule has 0 amide bonds. The molecule has 1 heterocycles. The Labute approximate surface area is 122 Å². The monoisotopic (exact) mass is 280 g/mol. The summed E-state index contributed by atoms with van der Waals surface area (Å²) in [7, 11) is 0. The molecule has 0 radical (unpaired) electrons. The van der Waals surface area contributed by atoms with E-state index < -0.39 is 0 Å². The van der Waals surface area contributed by atoms with E-state index in [0.717, 1.165) is 25.0 Å². The standard InChI is InChI=1S/C16H28N2S/c1-12(2)10-18(13(3)4)11-16-8-7-15(19-16)9-17-14-5-6-14/h7-8,12-14,17H,5-6,9-11H2,1-4H3. The normalized spacial score (nSPS) is 15.9. The van der Waals surface area contributed by atoms with Gasteiger partial charge in [-0.2, -0.15) is 0 Å². The van der Waals surface area contributed by atoms with Gasteiger partial charge in [0.25, 0.3) is 0 Å². The average Bonchev–Trinajstić information content (AvgIpc) is 3.05. The van der Waals surface area contributed by atoms with Crippen molar-refractivity contribution in [2.75, 3.05) is 6.54 Å². The molecule has 1 N–H and O–H groups in total. The molecule has 1 aromatic rings. The molecule has 1 aromatic heterocycles. The molecule has 0 atom stereocenters. The Bertz CT molecular complexity index is 380. The minimum Gasteiger partial charge on any atom is -0.309 e. The van der Waals surface area contributed by atoms with Crippen LogP contribution in [0, 0.1) is 5.92 Å². The number of hydrogen-bond donors (Lipinski definition) is 1. The van der Waals surface area contributed by atoms with Crippen LogP contribution in [0.2, 0.25) is 0 Å². The maximum atomic E-state index is 3.59. The second-order valence-corrected chi connectivity index (χ2v) is 7.69. The maximum Gasteiger partial charge on any atom is 0.0330 e. The predicted molar refractivity (Wildman–Crippen MR) is 84.6 cm³/mol. The minimum absolute atomic E-state index is 0.623. The second kappa shape index (κ2) is 6.87. The zero-order chi connectivity index (χ0) is 13.8. The molecule has 0 aliphatic heterocycles. The van der Waals surface area contributed by atoms with Crippen molar-refractivity contribution in [1.82, 2.24) is 10.2 Å². The van der Waals surface area contributed by atoms with E-state index >= 15 is 0 Å². The van der Waals surface area contributed by atoms with Gasteiger partial charge >= 0.3 is 0 Å². The van der Waals surface area contributed by atoms with Gasteiger partial charge in [0.2, 0.25) is 0 Å². The van der Waals surface area contributed by atoms with Crippen molar-refractivity contribution in [1.29, 1.82) is 0 Å². The third-order valence-corrected chi connectivity index (χ3v) is 4.62. The van der Waals surface area contributed by atoms with Crippen LogP contribution in [0.4, 0.5) is 0 Å². The van der Waals surface area contributed by atoms with E-state index in [1.807, 2.05) is 11.3 Å². The van der Waals surface area contributed by atoms with Gasteiger partial charge in [0.05, 0.1) is 0 Å². The van der Waals surface area contributed by atoms with Crippen molar-refractivity contribution in [2.45, 2.75) is 65.7 Å². The molecular formula is C16H28N2S. The van der Waals surface area contributed by atoms with Gasteiger partial charge < -0.3 is 5.32 Å². The van der Waals surface area contributed by atoms with Crippen LogP contribution in [0.25, 0.3) is 0 Å². The SMILES string of the molecule is CC(C)CN(Cc1ccc(CNC2CC2)s1)C(C)C. The first-order valence-corrected chi connectivity index (χ1v) is 8.41. The zero-order valence-corrected chi connectivity index (χ0v) is 13.6. The van der Waals surface area contributed by atoms with E-state index in [1.165, 1.54) is 29.1 Å². The third kappa shape index (κ3) is 5.25. The molecule has 108 valence electrons. The summed E-state index contributed by atoms with van der Waals surface area (Å²) in [5, 5.41) is 3.59. The van der Waals surface area contributed by atoms with Gasteiger partial charge in [0.1, 0.15) is 0 Å². The molecule has 1 aliphatic rings. The lowest BCUT2D eigenvalue weighted by Crippen LogP contribution is -2.33. The molecule has 2 nitrogen and oxygen atoms in total. The molecule has 0 spiro atoms. The number of nitrogens with one attached hydrogen (secondary N) is 1. The lowest BCUT2D eigenvalue weighted by Gasteiger charge is -2.27. The Morgan fingerprint density at radius 2 is 1.89 bits per heavy atom. The highest BCUT2D eigenvalue weighted by molar-refractivity contribution is 7.11. The Kier molecular flexibility index (Phi) is 5.43. The Hall–Kier alpha value is -0.380. The highest BCUT2D eigenvalue weighted by atomic mass is 32.1. The van der Waals surface area contributed by atoms with Crippen LogP contribution in [-0.2, 0) is 13.1 Å². The summed E-state index contributed by atoms with van der Waals surface area (Å²) >= 11 is 1.97. The van der Waals surface area contributed by atoms with Gasteiger partial charge in [0, 0.05) is 41.5 Å². The quantitative estimate of drug-likeness (QED) is 0.777. The molecule has 0 saturated heterocycles. The van der Waals surface area contributed by atoms with Crippen molar-refractivity contribution in [2.24, 2.45) is 5.92 Å². The highest BCUT2D eigenvalue weighted by Gasteiger charge is 2.20. The van der Waals surface area contributed by atoms with Crippen LogP contribution in [-0.4, -0.2) is 23.5 Å². The molecule has 2 rings (SSSR count). The second-order valence-electron chi connectivity index (χ2n) is 6.44. The number of rotatable bonds is 8. The van der Waals surface area contributed by atoms with Gasteiger partial charge in [-0.15, -0.1) is 11.3 Å². The predicted octanol–water partition coefficient (Wildman–Crippen LogP) is 3.87. The van der Waals surface area contributed by atoms with Gasteiger partial charge in [0.15, 0.2) is 0 Å². The molecule has 1 fully saturated rings. The number of hydrogen-bond acceptors (Lipinski definition) is 3. The summed E-state index contributed by atoms with van der Waals surface area (Å²) < 4.78 is 0. The Morgan fingerprint density at radius 1 is 1.21 bits per heavy atom. The van der Waals surface area contributed by atoms with Crippen molar-refractivity contribution >= 4 is 11.3 Å². The summed E-state index contributed by atoms with van der Waals surface area (Å²) in [4.78, 5) is 5.56. The largest absolute Gasteiger partial charge is 0.309 e. The fourth-order valence-corrected chi connectivity index (χ4v) is 3.26. The summed E-state index contributed by atoms with van der Waals surface area (Å²) in [6.45, 7) is 12.5. The van der Waals surface area contributed by atoms with Crippen LogP contribution in [0.15, 0.2) is 12.1 Å². The summed E-state index contributed by atoms with van der Waals surface area (Å²) in [6, 6.07) is 6.03. The van der Waals surface area contributed by atoms with E-state index in [4.69, 9.17) is 0 Å². The topological polar surface area (TPSA) is 15.3 Å². The fourth-order valence-electron chi connectivity index (χ4n) is 2.26. The number of nitrogens with zero attached hydrogens (tertiary/aromatic N) is 1. The molecular weight excluding hydrogens is 252 g/mol. The molecule has 1 saturated carbocycles. The van der Waals surface area contributed by atoms with Crippen molar-refractivity contribution in [3.8, 4) is 0 Å². The lowest BCUT2D eigenvalue weighted by molar-refractivity contribution is 0.191. The summed E-state index contributed by atoms with van der Waals surface area (Å²) in [5.41, 5.74) is 0. The average molecular weight is 280 g/mol. The lowest BCUT2D eigenvalue weighted by atomic mass is 10.2.